The Kier molecular flexibility index (Phi) is 3.85. The Morgan fingerprint density at radius 2 is 1.86 bits per heavy atom. The van der Waals surface area contributed by atoms with Gasteiger partial charge < -0.3 is 10.4 Å². The normalized spacial score (nSPS) is 24.5. The van der Waals surface area contributed by atoms with Gasteiger partial charge in [0.1, 0.15) is 0 Å². The largest absolute Gasteiger partial charge is 0.391 e. The average molecular weight is 224 g/mol. The minimum absolute atomic E-state index is 0.509. The van der Waals surface area contributed by atoms with Crippen molar-refractivity contribution in [2.75, 3.05) is 26.2 Å². The third-order valence-corrected chi connectivity index (χ3v) is 3.53. The van der Waals surface area contributed by atoms with E-state index in [2.05, 4.69) is 5.32 Å². The highest BCUT2D eigenvalue weighted by molar-refractivity contribution is 7.86. The van der Waals surface area contributed by atoms with Gasteiger partial charge in [-0.25, -0.2) is 0 Å². The maximum Gasteiger partial charge on any atom is 0.283 e. The van der Waals surface area contributed by atoms with E-state index < -0.39 is 21.6 Å². The van der Waals surface area contributed by atoms with Crippen LogP contribution in [0.15, 0.2) is 0 Å². The predicted molar refractivity (Wildman–Crippen MR) is 51.5 cm³/mol. The van der Waals surface area contributed by atoms with Gasteiger partial charge in [-0.1, -0.05) is 0 Å². The number of nitrogens with one attached hydrogen (secondary N) is 1. The summed E-state index contributed by atoms with van der Waals surface area (Å²) < 4.78 is 31.0. The van der Waals surface area contributed by atoms with E-state index in [1.54, 1.807) is 4.90 Å². The number of aliphatic hydroxyl groups is 1. The van der Waals surface area contributed by atoms with E-state index in [4.69, 9.17) is 4.55 Å². The van der Waals surface area contributed by atoms with Gasteiger partial charge in [-0.2, -0.15) is 8.42 Å². The standard InChI is InChI=1S/C7H16N2O4S/c1-6(10)7(14(11,12)13)9-4-2-8-3-5-9/h6-8,10H,2-5H2,1H3,(H,11,12,13). The lowest BCUT2D eigenvalue weighted by Crippen LogP contribution is -2.54. The third-order valence-electron chi connectivity index (χ3n) is 2.23. The maximum absolute atomic E-state index is 11.0. The highest BCUT2D eigenvalue weighted by atomic mass is 32.2. The summed E-state index contributed by atoms with van der Waals surface area (Å²) in [6, 6.07) is 0. The lowest BCUT2D eigenvalue weighted by Gasteiger charge is -2.34. The molecule has 1 aliphatic heterocycles. The molecule has 14 heavy (non-hydrogen) atoms. The Morgan fingerprint density at radius 1 is 1.36 bits per heavy atom. The summed E-state index contributed by atoms with van der Waals surface area (Å²) in [5, 5.41) is 11.2. The van der Waals surface area contributed by atoms with Crippen molar-refractivity contribution in [2.45, 2.75) is 18.4 Å². The van der Waals surface area contributed by atoms with E-state index in [9.17, 15) is 13.5 Å². The Balaban J connectivity index is 2.76. The highest BCUT2D eigenvalue weighted by Crippen LogP contribution is 2.11. The van der Waals surface area contributed by atoms with Crippen molar-refractivity contribution >= 4 is 10.1 Å². The van der Waals surface area contributed by atoms with Crippen LogP contribution < -0.4 is 5.32 Å². The SMILES string of the molecule is CC(O)C(N1CCNCC1)S(=O)(=O)O. The second-order valence-electron chi connectivity index (χ2n) is 3.43. The van der Waals surface area contributed by atoms with E-state index in [0.717, 1.165) is 0 Å². The molecule has 0 aromatic rings. The van der Waals surface area contributed by atoms with Gasteiger partial charge in [0.05, 0.1) is 6.10 Å². The molecule has 2 atom stereocenters. The molecule has 0 amide bonds. The molecule has 7 heteroatoms. The van der Waals surface area contributed by atoms with Gasteiger partial charge in [0, 0.05) is 26.2 Å². The minimum atomic E-state index is -4.22. The first kappa shape index (κ1) is 11.9. The van der Waals surface area contributed by atoms with Crippen LogP contribution in [0.4, 0.5) is 0 Å². The summed E-state index contributed by atoms with van der Waals surface area (Å²) in [5.41, 5.74) is 0. The molecule has 1 aliphatic rings. The molecule has 1 heterocycles. The van der Waals surface area contributed by atoms with Gasteiger partial charge in [0.2, 0.25) is 0 Å². The topological polar surface area (TPSA) is 89.9 Å². The van der Waals surface area contributed by atoms with Gasteiger partial charge in [-0.05, 0) is 6.92 Å². The molecule has 1 rings (SSSR count). The third kappa shape index (κ3) is 2.89. The number of rotatable bonds is 3. The molecule has 84 valence electrons. The van der Waals surface area contributed by atoms with Crippen LogP contribution in [-0.4, -0.2) is 60.6 Å². The predicted octanol–water partition coefficient (Wildman–Crippen LogP) is -1.51. The maximum atomic E-state index is 11.0. The van der Waals surface area contributed by atoms with Crippen LogP contribution in [0.25, 0.3) is 0 Å². The fourth-order valence-electron chi connectivity index (χ4n) is 1.68. The fraction of sp³-hybridized carbons (Fsp3) is 1.00. The fourth-order valence-corrected chi connectivity index (χ4v) is 2.76. The van der Waals surface area contributed by atoms with E-state index in [1.807, 2.05) is 0 Å². The zero-order valence-electron chi connectivity index (χ0n) is 8.05. The molecule has 1 saturated heterocycles. The molecule has 0 saturated carbocycles. The summed E-state index contributed by atoms with van der Waals surface area (Å²) in [5.74, 6) is 0. The molecular weight excluding hydrogens is 208 g/mol. The summed E-state index contributed by atoms with van der Waals surface area (Å²) in [6.07, 6.45) is -1.09. The summed E-state index contributed by atoms with van der Waals surface area (Å²) >= 11 is 0. The van der Waals surface area contributed by atoms with Crippen LogP contribution >= 0.6 is 0 Å². The van der Waals surface area contributed by atoms with Crippen molar-refractivity contribution in [1.29, 1.82) is 0 Å². The van der Waals surface area contributed by atoms with Crippen LogP contribution in [0.1, 0.15) is 6.92 Å². The van der Waals surface area contributed by atoms with Crippen molar-refractivity contribution < 1.29 is 18.1 Å². The van der Waals surface area contributed by atoms with Crippen molar-refractivity contribution in [2.24, 2.45) is 0 Å². The van der Waals surface area contributed by atoms with Crippen LogP contribution in [0.5, 0.6) is 0 Å². The Hall–Kier alpha value is -0.210. The lowest BCUT2D eigenvalue weighted by molar-refractivity contribution is 0.0896. The average Bonchev–Trinajstić information content (AvgIpc) is 2.02. The minimum Gasteiger partial charge on any atom is -0.391 e. The van der Waals surface area contributed by atoms with Crippen molar-refractivity contribution in [3.8, 4) is 0 Å². The van der Waals surface area contributed by atoms with Crippen LogP contribution in [0.2, 0.25) is 0 Å². The molecular formula is C7H16N2O4S. The van der Waals surface area contributed by atoms with Gasteiger partial charge >= 0.3 is 0 Å². The van der Waals surface area contributed by atoms with Gasteiger partial charge in [0.25, 0.3) is 10.1 Å². The molecule has 0 spiro atoms. The number of piperazine rings is 1. The highest BCUT2D eigenvalue weighted by Gasteiger charge is 2.34. The first-order valence-electron chi connectivity index (χ1n) is 4.52. The van der Waals surface area contributed by atoms with Crippen molar-refractivity contribution in [3.05, 3.63) is 0 Å². The molecule has 2 unspecified atom stereocenters. The molecule has 0 aromatic carbocycles. The van der Waals surface area contributed by atoms with Crippen LogP contribution in [-0.2, 0) is 10.1 Å². The van der Waals surface area contributed by atoms with Crippen molar-refractivity contribution in [3.63, 3.8) is 0 Å². The molecule has 0 aliphatic carbocycles. The van der Waals surface area contributed by atoms with E-state index >= 15 is 0 Å². The van der Waals surface area contributed by atoms with Crippen molar-refractivity contribution in [1.82, 2.24) is 10.2 Å². The summed E-state index contributed by atoms with van der Waals surface area (Å²) in [6.45, 7) is 3.71. The quantitative estimate of drug-likeness (QED) is 0.505. The first-order valence-corrected chi connectivity index (χ1v) is 6.02. The molecule has 6 nitrogen and oxygen atoms in total. The number of hydrogen-bond donors (Lipinski definition) is 3. The van der Waals surface area contributed by atoms with Crippen LogP contribution in [0.3, 0.4) is 0 Å². The Morgan fingerprint density at radius 3 is 2.21 bits per heavy atom. The Labute approximate surface area is 83.7 Å². The van der Waals surface area contributed by atoms with Gasteiger partial charge in [-0.15, -0.1) is 0 Å². The molecule has 3 N–H and O–H groups in total. The Bertz CT molecular complexity index is 271. The van der Waals surface area contributed by atoms with E-state index in [-0.39, 0.29) is 0 Å². The number of hydrogen-bond acceptors (Lipinski definition) is 5. The molecule has 0 aromatic heterocycles. The number of nitrogens with zero attached hydrogens (tertiary/aromatic N) is 1. The monoisotopic (exact) mass is 224 g/mol. The van der Waals surface area contributed by atoms with Crippen LogP contribution in [0, 0.1) is 0 Å². The molecule has 0 bridgehead atoms. The molecule has 1 fully saturated rings. The van der Waals surface area contributed by atoms with E-state index in [0.29, 0.717) is 26.2 Å². The van der Waals surface area contributed by atoms with Gasteiger partial charge in [-0.3, -0.25) is 9.45 Å². The summed E-state index contributed by atoms with van der Waals surface area (Å²) in [4.78, 5) is 1.57. The first-order chi connectivity index (χ1) is 6.43. The molecule has 0 radical (unpaired) electrons. The zero-order chi connectivity index (χ0) is 10.8. The second kappa shape index (κ2) is 4.54. The lowest BCUT2D eigenvalue weighted by atomic mass is 10.3. The smallest absolute Gasteiger partial charge is 0.283 e. The summed E-state index contributed by atoms with van der Waals surface area (Å²) in [7, 11) is -4.22. The van der Waals surface area contributed by atoms with E-state index in [1.165, 1.54) is 6.92 Å². The second-order valence-corrected chi connectivity index (χ2v) is 4.95. The number of aliphatic hydroxyl groups excluding tert-OH is 1. The zero-order valence-corrected chi connectivity index (χ0v) is 8.87. The van der Waals surface area contributed by atoms with Gasteiger partial charge in [0.15, 0.2) is 5.37 Å².